The maximum atomic E-state index is 13.4. The number of hydrogen-bond donors (Lipinski definition) is 2. The molecule has 2 aliphatic rings. The van der Waals surface area contributed by atoms with Gasteiger partial charge in [-0.25, -0.2) is 4.39 Å². The van der Waals surface area contributed by atoms with Crippen LogP contribution >= 0.6 is 0 Å². The molecule has 3 N–H and O–H groups in total. The second-order valence-corrected chi connectivity index (χ2v) is 6.90. The Morgan fingerprint density at radius 3 is 2.41 bits per heavy atom. The molecule has 2 heterocycles. The number of carbonyl (C=O) groups excluding carboxylic acids is 1. The molecule has 132 valence electrons. The number of primary amides is 1. The van der Waals surface area contributed by atoms with E-state index in [1.165, 1.54) is 24.3 Å². The molecule has 0 bridgehead atoms. The number of carbonyl (C=O) groups is 1. The molecule has 6 heteroatoms. The molecule has 0 spiro atoms. The first-order valence-corrected chi connectivity index (χ1v) is 8.54. The highest BCUT2D eigenvalue weighted by atomic mass is 19.1. The Morgan fingerprint density at radius 2 is 1.78 bits per heavy atom. The lowest BCUT2D eigenvalue weighted by molar-refractivity contribution is -0.885. The van der Waals surface area contributed by atoms with Crippen LogP contribution in [0.2, 0.25) is 0 Å². The average Bonchev–Trinajstić information content (AvgIpc) is 3.00. The zero-order chi connectivity index (χ0) is 19.2. The van der Waals surface area contributed by atoms with Gasteiger partial charge >= 0.3 is 0 Å². The summed E-state index contributed by atoms with van der Waals surface area (Å²) in [6, 6.07) is 16.1. The van der Waals surface area contributed by atoms with Crippen LogP contribution in [0.3, 0.4) is 0 Å². The van der Waals surface area contributed by atoms with Gasteiger partial charge in [-0.2, -0.15) is 10.5 Å². The van der Waals surface area contributed by atoms with E-state index in [0.29, 0.717) is 10.5 Å². The number of quaternary nitrogens is 1. The summed E-state index contributed by atoms with van der Waals surface area (Å²) in [5, 5.41) is 20.3. The molecule has 1 saturated heterocycles. The van der Waals surface area contributed by atoms with Gasteiger partial charge in [0.1, 0.15) is 5.82 Å². The predicted octanol–water partition coefficient (Wildman–Crippen LogP) is 1.42. The Balaban J connectivity index is 2.00. The second-order valence-electron chi connectivity index (χ2n) is 6.90. The van der Waals surface area contributed by atoms with Crippen molar-refractivity contribution in [1.82, 2.24) is 0 Å². The van der Waals surface area contributed by atoms with E-state index in [1.54, 1.807) is 6.20 Å². The van der Waals surface area contributed by atoms with Crippen LogP contribution in [-0.4, -0.2) is 11.9 Å². The molecule has 1 fully saturated rings. The number of hydrogen-bond acceptors (Lipinski definition) is 3. The third-order valence-electron chi connectivity index (χ3n) is 5.64. The summed E-state index contributed by atoms with van der Waals surface area (Å²) in [7, 11) is 0. The lowest BCUT2D eigenvalue weighted by Crippen LogP contribution is -3.12. The first-order chi connectivity index (χ1) is 13.0. The Hall–Kier alpha value is -3.48. The largest absolute Gasteiger partial charge is 0.364 e. The van der Waals surface area contributed by atoms with E-state index < -0.39 is 35.1 Å². The number of benzene rings is 2. The molecule has 27 heavy (non-hydrogen) atoms. The van der Waals surface area contributed by atoms with Crippen molar-refractivity contribution in [3.8, 4) is 12.1 Å². The summed E-state index contributed by atoms with van der Waals surface area (Å²) >= 11 is 0. The standard InChI is InChI=1S/C21H15FN4O/c22-15-7-5-14(6-8-15)17-18(20(25)27)26-10-9-13-3-1-2-4-16(13)19(26)21(17,11-23)12-24/h1-10,17-19H,(H2,25,27)/p+1/t17-,18+,19+/m1/s1. The summed E-state index contributed by atoms with van der Waals surface area (Å²) in [6.45, 7) is 0. The van der Waals surface area contributed by atoms with Crippen LogP contribution < -0.4 is 10.6 Å². The van der Waals surface area contributed by atoms with Crippen LogP contribution in [0.4, 0.5) is 4.39 Å². The lowest BCUT2D eigenvalue weighted by Gasteiger charge is -2.29. The minimum Gasteiger partial charge on any atom is -0.364 e. The number of amides is 1. The smallest absolute Gasteiger partial charge is 0.276 e. The zero-order valence-electron chi connectivity index (χ0n) is 14.3. The fourth-order valence-electron chi connectivity index (χ4n) is 4.56. The van der Waals surface area contributed by atoms with Crippen LogP contribution in [0.5, 0.6) is 0 Å². The molecule has 2 aromatic carbocycles. The highest BCUT2D eigenvalue weighted by Crippen LogP contribution is 2.51. The fraction of sp³-hybridized carbons (Fsp3) is 0.190. The van der Waals surface area contributed by atoms with Crippen LogP contribution in [0.25, 0.3) is 6.08 Å². The molecule has 2 aromatic rings. The molecule has 1 amide bonds. The van der Waals surface area contributed by atoms with Crippen molar-refractivity contribution in [2.75, 3.05) is 0 Å². The van der Waals surface area contributed by atoms with Gasteiger partial charge in [0.05, 0.1) is 24.3 Å². The average molecular weight is 359 g/mol. The van der Waals surface area contributed by atoms with E-state index in [1.807, 2.05) is 30.3 Å². The Bertz CT molecular complexity index is 1020. The summed E-state index contributed by atoms with van der Waals surface area (Å²) in [5.41, 5.74) is 6.49. The van der Waals surface area contributed by atoms with E-state index in [-0.39, 0.29) is 0 Å². The number of nitriles is 2. The fourth-order valence-corrected chi connectivity index (χ4v) is 4.56. The van der Waals surface area contributed by atoms with E-state index in [2.05, 4.69) is 12.1 Å². The molecule has 4 atom stereocenters. The van der Waals surface area contributed by atoms with Crippen molar-refractivity contribution < 1.29 is 14.1 Å². The maximum Gasteiger partial charge on any atom is 0.276 e. The number of rotatable bonds is 2. The number of nitrogens with zero attached hydrogens (tertiary/aromatic N) is 2. The molecule has 2 aliphatic heterocycles. The van der Waals surface area contributed by atoms with Crippen molar-refractivity contribution in [3.63, 3.8) is 0 Å². The third-order valence-corrected chi connectivity index (χ3v) is 5.64. The predicted molar refractivity (Wildman–Crippen MR) is 95.0 cm³/mol. The molecule has 5 nitrogen and oxygen atoms in total. The Kier molecular flexibility index (Phi) is 3.80. The van der Waals surface area contributed by atoms with Crippen LogP contribution in [0, 0.1) is 33.9 Å². The molecule has 1 unspecified atom stereocenters. The molecule has 0 aliphatic carbocycles. The summed E-state index contributed by atoms with van der Waals surface area (Å²) < 4.78 is 13.4. The zero-order valence-corrected chi connectivity index (χ0v) is 14.3. The number of fused-ring (bicyclic) bond motifs is 3. The van der Waals surface area contributed by atoms with Crippen molar-refractivity contribution >= 4 is 12.0 Å². The van der Waals surface area contributed by atoms with Gasteiger partial charge in [0.2, 0.25) is 5.41 Å². The molecule has 0 radical (unpaired) electrons. The van der Waals surface area contributed by atoms with Crippen molar-refractivity contribution in [2.45, 2.75) is 18.0 Å². The maximum absolute atomic E-state index is 13.4. The first kappa shape index (κ1) is 17.0. The normalized spacial score (nSPS) is 27.1. The van der Waals surface area contributed by atoms with Crippen molar-refractivity contribution in [3.05, 3.63) is 77.2 Å². The number of nitrogens with one attached hydrogen (secondary N) is 1. The van der Waals surface area contributed by atoms with Crippen LogP contribution in [0.1, 0.15) is 28.7 Å². The number of nitrogens with two attached hydrogens (primary N) is 1. The van der Waals surface area contributed by atoms with Crippen LogP contribution in [0.15, 0.2) is 54.7 Å². The lowest BCUT2D eigenvalue weighted by atomic mass is 9.68. The van der Waals surface area contributed by atoms with E-state index >= 15 is 0 Å². The quantitative estimate of drug-likeness (QED) is 0.849. The van der Waals surface area contributed by atoms with E-state index in [0.717, 1.165) is 11.1 Å². The van der Waals surface area contributed by atoms with Crippen LogP contribution in [-0.2, 0) is 4.79 Å². The van der Waals surface area contributed by atoms with Gasteiger partial charge in [-0.1, -0.05) is 36.4 Å². The SMILES string of the molecule is N#CC1(C#N)[C@H](c2ccc(F)cc2)[C@@H](C(N)=O)[NH+]2C=Cc3ccccc3[C@H]21. The molecule has 0 saturated carbocycles. The number of halogens is 1. The van der Waals surface area contributed by atoms with Gasteiger partial charge in [0.25, 0.3) is 5.91 Å². The van der Waals surface area contributed by atoms with E-state index in [4.69, 9.17) is 5.73 Å². The summed E-state index contributed by atoms with van der Waals surface area (Å²) in [5.74, 6) is -1.80. The highest BCUT2D eigenvalue weighted by molar-refractivity contribution is 5.81. The van der Waals surface area contributed by atoms with Gasteiger partial charge in [-0.15, -0.1) is 0 Å². The van der Waals surface area contributed by atoms with Gasteiger partial charge in [0.15, 0.2) is 12.1 Å². The molecular weight excluding hydrogens is 343 g/mol. The second kappa shape index (κ2) is 6.05. The monoisotopic (exact) mass is 359 g/mol. The highest BCUT2D eigenvalue weighted by Gasteiger charge is 2.67. The van der Waals surface area contributed by atoms with Gasteiger partial charge in [0, 0.05) is 5.56 Å². The minimum atomic E-state index is -1.52. The van der Waals surface area contributed by atoms with Gasteiger partial charge < -0.3 is 5.73 Å². The van der Waals surface area contributed by atoms with Gasteiger partial charge in [-0.05, 0) is 29.3 Å². The van der Waals surface area contributed by atoms with Crippen molar-refractivity contribution in [2.24, 2.45) is 11.1 Å². The Labute approximate surface area is 155 Å². The summed E-state index contributed by atoms with van der Waals surface area (Å²) in [4.78, 5) is 13.1. The molecule has 4 rings (SSSR count). The van der Waals surface area contributed by atoms with Gasteiger partial charge in [-0.3, -0.25) is 9.69 Å². The summed E-state index contributed by atoms with van der Waals surface area (Å²) in [6.07, 6.45) is 3.68. The minimum absolute atomic E-state index is 0.429. The van der Waals surface area contributed by atoms with E-state index in [9.17, 15) is 19.7 Å². The topological polar surface area (TPSA) is 95.1 Å². The molecule has 0 aromatic heterocycles. The third kappa shape index (κ3) is 2.28. The first-order valence-electron chi connectivity index (χ1n) is 8.54. The molecular formula is C21H16FN4O+. The van der Waals surface area contributed by atoms with Crippen molar-refractivity contribution in [1.29, 1.82) is 10.5 Å². The Morgan fingerprint density at radius 1 is 1.11 bits per heavy atom.